The summed E-state index contributed by atoms with van der Waals surface area (Å²) in [6.07, 6.45) is 0. The molecule has 0 aliphatic carbocycles. The third kappa shape index (κ3) is 1.44. The van der Waals surface area contributed by atoms with Crippen molar-refractivity contribution in [2.24, 2.45) is 0 Å². The predicted octanol–water partition coefficient (Wildman–Crippen LogP) is 1.58. The summed E-state index contributed by atoms with van der Waals surface area (Å²) in [5.74, 6) is 0.648. The Hall–Kier alpha value is -0.650. The predicted molar refractivity (Wildman–Crippen MR) is 49.9 cm³/mol. The van der Waals surface area contributed by atoms with Crippen molar-refractivity contribution in [3.63, 3.8) is 0 Å². The van der Waals surface area contributed by atoms with Crippen molar-refractivity contribution < 1.29 is 3.07 Å². The van der Waals surface area contributed by atoms with Gasteiger partial charge in [-0.1, -0.05) is 0 Å². The zero-order chi connectivity index (χ0) is 7.56. The third-order valence-corrected chi connectivity index (χ3v) is 1.59. The van der Waals surface area contributed by atoms with Crippen LogP contribution in [0.25, 0.3) is 0 Å². The second-order valence-corrected chi connectivity index (χ2v) is 2.31. The highest BCUT2D eigenvalue weighted by Crippen LogP contribution is 2.24. The molecule has 4 N–H and O–H groups in total. The molecule has 0 saturated carbocycles. The lowest BCUT2D eigenvalue weighted by Crippen LogP contribution is -1.91. The Labute approximate surface area is 73.0 Å². The summed E-state index contributed by atoms with van der Waals surface area (Å²) < 4.78 is 4.89. The van der Waals surface area contributed by atoms with Crippen molar-refractivity contribution in [2.45, 2.75) is 0 Å². The van der Waals surface area contributed by atoms with Gasteiger partial charge in [0.1, 0.15) is 0 Å². The molecule has 0 aromatic heterocycles. The van der Waals surface area contributed by atoms with Gasteiger partial charge in [0.15, 0.2) is 28.8 Å². The van der Waals surface area contributed by atoms with Gasteiger partial charge in [0.05, 0.1) is 5.69 Å². The van der Waals surface area contributed by atoms with Gasteiger partial charge >= 0.3 is 0 Å². The van der Waals surface area contributed by atoms with Gasteiger partial charge in [-0.05, 0) is 18.2 Å². The molecule has 10 heavy (non-hydrogen) atoms. The summed E-state index contributed by atoms with van der Waals surface area (Å²) in [5.41, 5.74) is 12.2. The topological polar surface area (TPSA) is 61.3 Å². The largest absolute Gasteiger partial charge is 0.425 e. The number of anilines is 2. The van der Waals surface area contributed by atoms with E-state index in [0.717, 1.165) is 0 Å². The second kappa shape index (κ2) is 2.96. The van der Waals surface area contributed by atoms with Gasteiger partial charge in [0.25, 0.3) is 0 Å². The normalized spacial score (nSPS) is 9.30. The summed E-state index contributed by atoms with van der Waals surface area (Å²) in [5, 5.41) is 0. The van der Waals surface area contributed by atoms with Crippen molar-refractivity contribution in [2.75, 3.05) is 11.5 Å². The summed E-state index contributed by atoms with van der Waals surface area (Å²) >= 11 is 1.77. The van der Waals surface area contributed by atoms with E-state index in [1.165, 1.54) is 0 Å². The quantitative estimate of drug-likeness (QED) is 0.587. The van der Waals surface area contributed by atoms with Gasteiger partial charge in [0, 0.05) is 5.69 Å². The minimum atomic E-state index is 0.564. The minimum Gasteiger partial charge on any atom is -0.425 e. The number of halogens is 1. The summed E-state index contributed by atoms with van der Waals surface area (Å²) in [4.78, 5) is 0. The van der Waals surface area contributed by atoms with E-state index in [0.29, 0.717) is 17.1 Å². The van der Waals surface area contributed by atoms with Gasteiger partial charge in [0.2, 0.25) is 0 Å². The Morgan fingerprint density at radius 3 is 2.50 bits per heavy atom. The lowest BCUT2D eigenvalue weighted by molar-refractivity contribution is 0.720. The molecule has 0 aliphatic rings. The maximum Gasteiger partial charge on any atom is 0.192 e. The van der Waals surface area contributed by atoms with Crippen LogP contribution in [0.3, 0.4) is 0 Å². The molecule has 0 bridgehead atoms. The molecule has 4 heteroatoms. The van der Waals surface area contributed by atoms with E-state index in [9.17, 15) is 0 Å². The zero-order valence-electron chi connectivity index (χ0n) is 5.17. The van der Waals surface area contributed by atoms with Crippen LogP contribution in [0.1, 0.15) is 0 Å². The Kier molecular flexibility index (Phi) is 2.21. The monoisotopic (exact) mass is 250 g/mol. The number of rotatable bonds is 1. The first kappa shape index (κ1) is 7.46. The van der Waals surface area contributed by atoms with Gasteiger partial charge < -0.3 is 14.5 Å². The first-order valence-electron chi connectivity index (χ1n) is 2.67. The highest BCUT2D eigenvalue weighted by atomic mass is 127. The van der Waals surface area contributed by atoms with Gasteiger partial charge in [-0.25, -0.2) is 0 Å². The second-order valence-electron chi connectivity index (χ2n) is 1.87. The van der Waals surface area contributed by atoms with Crippen LogP contribution in [0.5, 0.6) is 5.75 Å². The lowest BCUT2D eigenvalue weighted by atomic mass is 10.3. The molecule has 3 nitrogen and oxygen atoms in total. The van der Waals surface area contributed by atoms with Crippen LogP contribution in [0, 0.1) is 0 Å². The molecular formula is C6H7IN2O. The molecule has 1 rings (SSSR count). The molecule has 0 aliphatic heterocycles. The summed E-state index contributed by atoms with van der Waals surface area (Å²) in [7, 11) is 0. The lowest BCUT2D eigenvalue weighted by Gasteiger charge is -2.01. The zero-order valence-corrected chi connectivity index (χ0v) is 7.33. The van der Waals surface area contributed by atoms with Crippen LogP contribution in [0.15, 0.2) is 18.2 Å². The van der Waals surface area contributed by atoms with E-state index < -0.39 is 0 Å². The van der Waals surface area contributed by atoms with Crippen molar-refractivity contribution in [1.29, 1.82) is 0 Å². The van der Waals surface area contributed by atoms with Gasteiger partial charge in [-0.2, -0.15) is 0 Å². The molecule has 0 fully saturated rings. The van der Waals surface area contributed by atoms with Crippen LogP contribution in [0.4, 0.5) is 11.4 Å². The van der Waals surface area contributed by atoms with Crippen molar-refractivity contribution in [3.05, 3.63) is 18.2 Å². The molecule has 0 spiro atoms. The number of hydrogen-bond acceptors (Lipinski definition) is 3. The van der Waals surface area contributed by atoms with E-state index in [2.05, 4.69) is 0 Å². The van der Waals surface area contributed by atoms with Crippen LogP contribution < -0.4 is 14.5 Å². The molecule has 1 aromatic carbocycles. The average Bonchev–Trinajstić information content (AvgIpc) is 1.88. The maximum atomic E-state index is 5.52. The van der Waals surface area contributed by atoms with Crippen LogP contribution >= 0.6 is 23.0 Å². The Morgan fingerprint density at radius 2 is 2.00 bits per heavy atom. The van der Waals surface area contributed by atoms with Crippen molar-refractivity contribution in [3.8, 4) is 5.75 Å². The van der Waals surface area contributed by atoms with Gasteiger partial charge in [-0.3, -0.25) is 0 Å². The number of hydrogen-bond donors (Lipinski definition) is 2. The molecule has 54 valence electrons. The highest BCUT2D eigenvalue weighted by molar-refractivity contribution is 14.1. The van der Waals surface area contributed by atoms with Crippen molar-refractivity contribution >= 4 is 34.4 Å². The summed E-state index contributed by atoms with van der Waals surface area (Å²) in [6, 6.07) is 5.13. The van der Waals surface area contributed by atoms with E-state index in [4.69, 9.17) is 14.5 Å². The molecular weight excluding hydrogens is 243 g/mol. The SMILES string of the molecule is Nc1ccc(OI)c(N)c1. The van der Waals surface area contributed by atoms with Crippen LogP contribution in [-0.4, -0.2) is 0 Å². The molecule has 0 saturated heterocycles. The van der Waals surface area contributed by atoms with E-state index in [1.807, 2.05) is 0 Å². The van der Waals surface area contributed by atoms with E-state index in [-0.39, 0.29) is 0 Å². The highest BCUT2D eigenvalue weighted by Gasteiger charge is 1.97. The Morgan fingerprint density at radius 1 is 1.30 bits per heavy atom. The number of nitrogen functional groups attached to an aromatic ring is 2. The molecule has 0 radical (unpaired) electrons. The molecule has 0 unspecified atom stereocenters. The smallest absolute Gasteiger partial charge is 0.192 e. The number of benzene rings is 1. The first-order valence-corrected chi connectivity index (χ1v) is 3.55. The minimum absolute atomic E-state index is 0.564. The summed E-state index contributed by atoms with van der Waals surface area (Å²) in [6.45, 7) is 0. The first-order chi connectivity index (χ1) is 4.74. The van der Waals surface area contributed by atoms with E-state index >= 15 is 0 Å². The average molecular weight is 250 g/mol. The number of nitrogens with two attached hydrogens (primary N) is 2. The molecule has 0 atom stereocenters. The fourth-order valence-corrected chi connectivity index (χ4v) is 1.04. The maximum absolute atomic E-state index is 5.52. The standard InChI is InChI=1S/C6H7IN2O/c7-10-6-2-1-4(8)3-5(6)9/h1-3H,8-9H2. The molecule has 0 amide bonds. The van der Waals surface area contributed by atoms with Crippen LogP contribution in [0.2, 0.25) is 0 Å². The fraction of sp³-hybridized carbons (Fsp3) is 0. The molecule has 0 heterocycles. The van der Waals surface area contributed by atoms with Crippen molar-refractivity contribution in [1.82, 2.24) is 0 Å². The Balaban J connectivity index is 3.07. The van der Waals surface area contributed by atoms with E-state index in [1.54, 1.807) is 41.2 Å². The third-order valence-electron chi connectivity index (χ3n) is 1.12. The fourth-order valence-electron chi connectivity index (χ4n) is 0.637. The Bertz CT molecular complexity index is 239. The van der Waals surface area contributed by atoms with Crippen LogP contribution in [-0.2, 0) is 0 Å². The molecule has 1 aromatic rings. The van der Waals surface area contributed by atoms with Gasteiger partial charge in [-0.15, -0.1) is 0 Å².